The van der Waals surface area contributed by atoms with E-state index in [0.29, 0.717) is 22.9 Å². The van der Waals surface area contributed by atoms with Crippen molar-refractivity contribution in [2.24, 2.45) is 0 Å². The highest BCUT2D eigenvalue weighted by Gasteiger charge is 2.40. The number of hydrogen-bond acceptors (Lipinski definition) is 5. The summed E-state index contributed by atoms with van der Waals surface area (Å²) in [4.78, 5) is 15.2. The van der Waals surface area contributed by atoms with Gasteiger partial charge in [-0.15, -0.1) is 0 Å². The van der Waals surface area contributed by atoms with Gasteiger partial charge in [0.25, 0.3) is 0 Å². The first-order chi connectivity index (χ1) is 12.0. The Hall–Kier alpha value is -3.00. The molecule has 1 N–H and O–H groups in total. The number of urea groups is 1. The number of benzene rings is 2. The zero-order chi connectivity index (χ0) is 18.1. The van der Waals surface area contributed by atoms with Crippen molar-refractivity contribution < 1.29 is 18.7 Å². The Bertz CT molecular complexity index is 870. The van der Waals surface area contributed by atoms with Gasteiger partial charge in [0.1, 0.15) is 5.82 Å². The van der Waals surface area contributed by atoms with Gasteiger partial charge in [0.05, 0.1) is 25.6 Å². The molecule has 0 unspecified atom stereocenters. The van der Waals surface area contributed by atoms with Crippen LogP contribution in [0.5, 0.6) is 11.5 Å². The fourth-order valence-corrected chi connectivity index (χ4v) is 2.78. The Balaban J connectivity index is 2.01. The predicted molar refractivity (Wildman–Crippen MR) is 96.6 cm³/mol. The summed E-state index contributed by atoms with van der Waals surface area (Å²) in [6.45, 7) is 0. The van der Waals surface area contributed by atoms with Gasteiger partial charge in [-0.25, -0.2) is 19.0 Å². The minimum atomic E-state index is -0.520. The van der Waals surface area contributed by atoms with Crippen LogP contribution in [0.3, 0.4) is 0 Å². The first-order valence-electron chi connectivity index (χ1n) is 7.22. The Labute approximate surface area is 148 Å². The first-order valence-corrected chi connectivity index (χ1v) is 7.63. The topological polar surface area (TPSA) is 65.9 Å². The van der Waals surface area contributed by atoms with E-state index in [1.165, 1.54) is 43.4 Å². The summed E-state index contributed by atoms with van der Waals surface area (Å²) in [5, 5.41) is 8.16. The first kappa shape index (κ1) is 16.8. The Kier molecular flexibility index (Phi) is 4.37. The second-order valence-electron chi connectivity index (χ2n) is 5.12. The van der Waals surface area contributed by atoms with E-state index >= 15 is 0 Å². The highest BCUT2D eigenvalue weighted by atomic mass is 32.1. The van der Waals surface area contributed by atoms with Crippen molar-refractivity contribution in [3.63, 3.8) is 0 Å². The quantitative estimate of drug-likeness (QED) is 0.847. The SMILES string of the molecule is COc1ccc(N2C(=O)N(c3ccc(F)cc3)C(=N)C2=S)cc1OC. The lowest BCUT2D eigenvalue weighted by Crippen LogP contribution is -2.33. The van der Waals surface area contributed by atoms with Crippen LogP contribution in [0.25, 0.3) is 0 Å². The lowest BCUT2D eigenvalue weighted by molar-refractivity contribution is 0.257. The van der Waals surface area contributed by atoms with Crippen LogP contribution in [0, 0.1) is 11.2 Å². The van der Waals surface area contributed by atoms with Crippen LogP contribution < -0.4 is 19.3 Å². The van der Waals surface area contributed by atoms with Gasteiger partial charge in [0.15, 0.2) is 22.3 Å². The second kappa shape index (κ2) is 6.48. The van der Waals surface area contributed by atoms with Gasteiger partial charge in [-0.3, -0.25) is 5.41 Å². The maximum atomic E-state index is 13.1. The second-order valence-corrected chi connectivity index (χ2v) is 5.51. The van der Waals surface area contributed by atoms with E-state index in [0.717, 1.165) is 4.90 Å². The average Bonchev–Trinajstić information content (AvgIpc) is 2.84. The molecule has 8 heteroatoms. The van der Waals surface area contributed by atoms with E-state index in [2.05, 4.69) is 0 Å². The van der Waals surface area contributed by atoms with Gasteiger partial charge in [-0.1, -0.05) is 12.2 Å². The molecule has 0 atom stereocenters. The summed E-state index contributed by atoms with van der Waals surface area (Å²) < 4.78 is 23.5. The number of anilines is 2. The molecular formula is C17H14FN3O3S. The van der Waals surface area contributed by atoms with Gasteiger partial charge in [0.2, 0.25) is 0 Å². The highest BCUT2D eigenvalue weighted by Crippen LogP contribution is 2.34. The summed E-state index contributed by atoms with van der Waals surface area (Å²) in [5.74, 6) is 0.360. The number of thiocarbonyl (C=S) groups is 1. The molecule has 1 saturated heterocycles. The van der Waals surface area contributed by atoms with E-state index in [1.807, 2.05) is 0 Å². The fraction of sp³-hybridized carbons (Fsp3) is 0.118. The third-order valence-corrected chi connectivity index (χ3v) is 4.10. The molecule has 0 aromatic heterocycles. The zero-order valence-electron chi connectivity index (χ0n) is 13.4. The molecule has 0 bridgehead atoms. The van der Waals surface area contributed by atoms with Crippen molar-refractivity contribution in [3.8, 4) is 11.5 Å². The van der Waals surface area contributed by atoms with Crippen LogP contribution in [-0.4, -0.2) is 31.1 Å². The minimum Gasteiger partial charge on any atom is -0.493 e. The molecule has 1 aliphatic heterocycles. The minimum absolute atomic E-state index is 0.0431. The summed E-state index contributed by atoms with van der Waals surface area (Å²) in [6, 6.07) is 9.65. The molecule has 128 valence electrons. The molecule has 0 spiro atoms. The maximum absolute atomic E-state index is 13.1. The van der Waals surface area contributed by atoms with Gasteiger partial charge < -0.3 is 9.47 Å². The summed E-state index contributed by atoms with van der Waals surface area (Å²) in [5.41, 5.74) is 0.809. The Morgan fingerprint density at radius 1 is 0.960 bits per heavy atom. The van der Waals surface area contributed by atoms with E-state index in [4.69, 9.17) is 27.1 Å². The average molecular weight is 359 g/mol. The van der Waals surface area contributed by atoms with Crippen molar-refractivity contribution in [1.29, 1.82) is 5.41 Å². The highest BCUT2D eigenvalue weighted by molar-refractivity contribution is 7.82. The van der Waals surface area contributed by atoms with Crippen LogP contribution in [0.4, 0.5) is 20.6 Å². The third kappa shape index (κ3) is 2.80. The van der Waals surface area contributed by atoms with Gasteiger partial charge >= 0.3 is 6.03 Å². The third-order valence-electron chi connectivity index (χ3n) is 3.72. The lowest BCUT2D eigenvalue weighted by atomic mass is 10.2. The van der Waals surface area contributed by atoms with E-state index in [1.54, 1.807) is 18.2 Å². The molecule has 25 heavy (non-hydrogen) atoms. The summed E-state index contributed by atoms with van der Waals surface area (Å²) in [7, 11) is 2.99. The standard InChI is InChI=1S/C17H14FN3O3S/c1-23-13-8-7-12(9-14(13)24-2)21-16(25)15(19)20(17(21)22)11-5-3-10(18)4-6-11/h3-9,19H,1-2H3. The van der Waals surface area contributed by atoms with Crippen LogP contribution in [0.1, 0.15) is 0 Å². The smallest absolute Gasteiger partial charge is 0.340 e. The van der Waals surface area contributed by atoms with Crippen molar-refractivity contribution in [2.45, 2.75) is 0 Å². The molecule has 1 fully saturated rings. The zero-order valence-corrected chi connectivity index (χ0v) is 14.3. The molecule has 3 rings (SSSR count). The molecule has 1 aliphatic rings. The van der Waals surface area contributed by atoms with Crippen molar-refractivity contribution in [2.75, 3.05) is 24.0 Å². The molecule has 2 amide bonds. The van der Waals surface area contributed by atoms with Crippen LogP contribution in [0.15, 0.2) is 42.5 Å². The number of ether oxygens (including phenoxy) is 2. The summed E-state index contributed by atoms with van der Waals surface area (Å²) in [6.07, 6.45) is 0. The molecular weight excluding hydrogens is 345 g/mol. The Morgan fingerprint density at radius 3 is 2.16 bits per heavy atom. The van der Waals surface area contributed by atoms with Gasteiger partial charge in [0, 0.05) is 6.07 Å². The molecule has 6 nitrogen and oxygen atoms in total. The van der Waals surface area contributed by atoms with Crippen molar-refractivity contribution >= 4 is 40.4 Å². The largest absolute Gasteiger partial charge is 0.493 e. The normalized spacial score (nSPS) is 14.3. The number of amidine groups is 1. The van der Waals surface area contributed by atoms with Crippen molar-refractivity contribution in [3.05, 3.63) is 48.3 Å². The number of amides is 2. The molecule has 0 radical (unpaired) electrons. The lowest BCUT2D eigenvalue weighted by Gasteiger charge is -2.18. The van der Waals surface area contributed by atoms with Gasteiger partial charge in [-0.05, 0) is 36.4 Å². The van der Waals surface area contributed by atoms with Crippen LogP contribution in [-0.2, 0) is 0 Å². The van der Waals surface area contributed by atoms with E-state index in [-0.39, 0.29) is 10.8 Å². The maximum Gasteiger partial charge on any atom is 0.340 e. The monoisotopic (exact) mass is 359 g/mol. The van der Waals surface area contributed by atoms with Gasteiger partial charge in [-0.2, -0.15) is 0 Å². The number of rotatable bonds is 4. The molecule has 1 heterocycles. The Morgan fingerprint density at radius 2 is 1.56 bits per heavy atom. The molecule has 2 aromatic rings. The van der Waals surface area contributed by atoms with Crippen LogP contribution >= 0.6 is 12.2 Å². The van der Waals surface area contributed by atoms with E-state index in [9.17, 15) is 9.18 Å². The number of carbonyl (C=O) groups excluding carboxylic acids is 1. The number of nitrogens with one attached hydrogen (secondary N) is 1. The molecule has 0 aliphatic carbocycles. The number of halogens is 1. The van der Waals surface area contributed by atoms with Crippen molar-refractivity contribution in [1.82, 2.24) is 0 Å². The number of methoxy groups -OCH3 is 2. The molecule has 0 saturated carbocycles. The van der Waals surface area contributed by atoms with E-state index < -0.39 is 11.8 Å². The number of nitrogens with zero attached hydrogens (tertiary/aromatic N) is 2. The summed E-state index contributed by atoms with van der Waals surface area (Å²) >= 11 is 5.26. The van der Waals surface area contributed by atoms with Crippen LogP contribution in [0.2, 0.25) is 0 Å². The fourth-order valence-electron chi connectivity index (χ4n) is 2.51. The molecule has 2 aromatic carbocycles. The predicted octanol–water partition coefficient (Wildman–Crippen LogP) is 3.59. The number of hydrogen-bond donors (Lipinski definition) is 1. The number of carbonyl (C=O) groups is 1.